The number of rotatable bonds is 7. The third-order valence-corrected chi connectivity index (χ3v) is 5.28. The van der Waals surface area contributed by atoms with Gasteiger partial charge in [0.1, 0.15) is 12.4 Å². The van der Waals surface area contributed by atoms with Crippen molar-refractivity contribution in [3.8, 4) is 17.2 Å². The fourth-order valence-corrected chi connectivity index (χ4v) is 3.69. The van der Waals surface area contributed by atoms with E-state index in [9.17, 15) is 10.1 Å². The van der Waals surface area contributed by atoms with Crippen LogP contribution in [0.15, 0.2) is 66.7 Å². The molecule has 3 aromatic rings. The molecule has 1 saturated heterocycles. The van der Waals surface area contributed by atoms with Crippen LogP contribution in [-0.4, -0.2) is 24.1 Å². The van der Waals surface area contributed by atoms with Gasteiger partial charge in [0, 0.05) is 41.8 Å². The first kappa shape index (κ1) is 20.3. The van der Waals surface area contributed by atoms with E-state index in [1.807, 2.05) is 0 Å². The second-order valence-electron chi connectivity index (χ2n) is 7.45. The quantitative estimate of drug-likeness (QED) is 0.326. The molecular formula is C23H24N4O4. The average Bonchev–Trinajstić information content (AvgIpc) is 3.24. The second-order valence-corrected chi connectivity index (χ2v) is 7.45. The Morgan fingerprint density at radius 1 is 0.968 bits per heavy atom. The van der Waals surface area contributed by atoms with Gasteiger partial charge in [0.15, 0.2) is 11.5 Å². The minimum absolute atomic E-state index is 0.0833. The predicted octanol–water partition coefficient (Wildman–Crippen LogP) is 4.60. The van der Waals surface area contributed by atoms with Crippen molar-refractivity contribution in [3.05, 3.63) is 76.8 Å². The number of hydrogen-bond donors (Lipinski definition) is 2. The third-order valence-electron chi connectivity index (χ3n) is 5.28. The molecule has 1 aliphatic heterocycles. The van der Waals surface area contributed by atoms with Gasteiger partial charge in [-0.15, -0.1) is 0 Å². The van der Waals surface area contributed by atoms with Crippen molar-refractivity contribution in [3.63, 3.8) is 0 Å². The van der Waals surface area contributed by atoms with Crippen LogP contribution in [-0.2, 0) is 0 Å². The zero-order valence-corrected chi connectivity index (χ0v) is 16.9. The average molecular weight is 420 g/mol. The summed E-state index contributed by atoms with van der Waals surface area (Å²) in [7, 11) is 0. The Bertz CT molecular complexity index is 1050. The van der Waals surface area contributed by atoms with Gasteiger partial charge in [-0.3, -0.25) is 10.1 Å². The van der Waals surface area contributed by atoms with Crippen LogP contribution >= 0.6 is 0 Å². The van der Waals surface area contributed by atoms with E-state index in [0.717, 1.165) is 25.1 Å². The van der Waals surface area contributed by atoms with Crippen LogP contribution in [0, 0.1) is 10.1 Å². The number of anilines is 3. The Balaban J connectivity index is 1.47. The number of nitrogens with zero attached hydrogens (tertiary/aromatic N) is 2. The molecule has 0 aromatic heterocycles. The predicted molar refractivity (Wildman–Crippen MR) is 121 cm³/mol. The summed E-state index contributed by atoms with van der Waals surface area (Å²) in [5.41, 5.74) is 14.0. The van der Waals surface area contributed by atoms with E-state index in [-0.39, 0.29) is 11.7 Å². The summed E-state index contributed by atoms with van der Waals surface area (Å²) in [6.45, 7) is 1.32. The van der Waals surface area contributed by atoms with Crippen molar-refractivity contribution in [2.75, 3.05) is 29.5 Å². The Morgan fingerprint density at radius 3 is 2.39 bits per heavy atom. The normalized spacial score (nSPS) is 15.6. The third kappa shape index (κ3) is 4.80. The molecule has 0 amide bonds. The van der Waals surface area contributed by atoms with E-state index in [1.165, 1.54) is 12.1 Å². The highest BCUT2D eigenvalue weighted by molar-refractivity contribution is 5.55. The highest BCUT2D eigenvalue weighted by Gasteiger charge is 2.26. The molecule has 4 N–H and O–H groups in total. The molecule has 1 unspecified atom stereocenters. The van der Waals surface area contributed by atoms with Crippen molar-refractivity contribution >= 4 is 22.7 Å². The molecule has 0 bridgehead atoms. The minimum Gasteiger partial charge on any atom is -0.487 e. The zero-order chi connectivity index (χ0) is 21.8. The minimum atomic E-state index is -0.392. The number of hydrogen-bond acceptors (Lipinski definition) is 7. The standard InChI is InChI=1S/C23H24N4O4/c24-16-3-10-21(11-4-16)31-22-12-5-17(25)14-23(22)30-15-20-2-1-13-26(20)18-6-8-19(9-7-18)27(28)29/h3-12,14,20H,1-2,13,15,24-25H2. The summed E-state index contributed by atoms with van der Waals surface area (Å²) in [5.74, 6) is 1.78. The number of benzene rings is 3. The maximum absolute atomic E-state index is 10.9. The largest absolute Gasteiger partial charge is 0.487 e. The maximum Gasteiger partial charge on any atom is 0.269 e. The van der Waals surface area contributed by atoms with Gasteiger partial charge in [-0.1, -0.05) is 0 Å². The molecule has 4 rings (SSSR count). The lowest BCUT2D eigenvalue weighted by atomic mass is 10.2. The fourth-order valence-electron chi connectivity index (χ4n) is 3.69. The van der Waals surface area contributed by atoms with Gasteiger partial charge in [0.25, 0.3) is 5.69 Å². The summed E-state index contributed by atoms with van der Waals surface area (Å²) in [4.78, 5) is 12.7. The Hall–Kier alpha value is -3.94. The number of nitro groups is 1. The van der Waals surface area contributed by atoms with E-state index in [2.05, 4.69) is 4.90 Å². The van der Waals surface area contributed by atoms with Gasteiger partial charge in [0.2, 0.25) is 0 Å². The fraction of sp³-hybridized carbons (Fsp3) is 0.217. The van der Waals surface area contributed by atoms with Crippen LogP contribution in [0.1, 0.15) is 12.8 Å². The molecule has 0 aliphatic carbocycles. The summed E-state index contributed by atoms with van der Waals surface area (Å²) < 4.78 is 12.1. The molecule has 3 aromatic carbocycles. The van der Waals surface area contributed by atoms with E-state index in [4.69, 9.17) is 20.9 Å². The summed E-state index contributed by atoms with van der Waals surface area (Å²) in [6.07, 6.45) is 1.99. The van der Waals surface area contributed by atoms with Crippen LogP contribution in [0.3, 0.4) is 0 Å². The summed E-state index contributed by atoms with van der Waals surface area (Å²) in [5, 5.41) is 10.9. The van der Waals surface area contributed by atoms with Crippen molar-refractivity contribution in [1.82, 2.24) is 0 Å². The van der Waals surface area contributed by atoms with Crippen LogP contribution in [0.25, 0.3) is 0 Å². The Labute approximate surface area is 180 Å². The molecule has 1 heterocycles. The first-order valence-corrected chi connectivity index (χ1v) is 10.1. The van der Waals surface area contributed by atoms with E-state index < -0.39 is 4.92 Å². The highest BCUT2D eigenvalue weighted by Crippen LogP contribution is 2.35. The van der Waals surface area contributed by atoms with E-state index in [0.29, 0.717) is 35.2 Å². The molecule has 1 atom stereocenters. The van der Waals surface area contributed by atoms with Crippen LogP contribution in [0.4, 0.5) is 22.7 Å². The molecule has 8 nitrogen and oxygen atoms in total. The lowest BCUT2D eigenvalue weighted by molar-refractivity contribution is -0.384. The number of non-ortho nitro benzene ring substituents is 1. The monoisotopic (exact) mass is 420 g/mol. The molecule has 1 fully saturated rings. The number of nitrogens with two attached hydrogens (primary N) is 2. The highest BCUT2D eigenvalue weighted by atomic mass is 16.6. The van der Waals surface area contributed by atoms with Gasteiger partial charge >= 0.3 is 0 Å². The summed E-state index contributed by atoms with van der Waals surface area (Å²) in [6, 6.07) is 19.2. The number of nitrogen functional groups attached to an aromatic ring is 2. The van der Waals surface area contributed by atoms with Crippen LogP contribution in [0.5, 0.6) is 17.2 Å². The molecule has 0 spiro atoms. The Morgan fingerprint density at radius 2 is 1.68 bits per heavy atom. The molecule has 0 radical (unpaired) electrons. The lowest BCUT2D eigenvalue weighted by Crippen LogP contribution is -2.34. The first-order chi connectivity index (χ1) is 15.0. The number of ether oxygens (including phenoxy) is 2. The molecule has 0 saturated carbocycles. The van der Waals surface area contributed by atoms with Crippen molar-refractivity contribution in [1.29, 1.82) is 0 Å². The van der Waals surface area contributed by atoms with Crippen LogP contribution < -0.4 is 25.8 Å². The molecule has 8 heteroatoms. The SMILES string of the molecule is Nc1ccc(Oc2ccc(N)cc2OCC2CCCN2c2ccc([N+](=O)[O-])cc2)cc1. The summed E-state index contributed by atoms with van der Waals surface area (Å²) >= 11 is 0. The van der Waals surface area contributed by atoms with E-state index in [1.54, 1.807) is 54.6 Å². The first-order valence-electron chi connectivity index (χ1n) is 10.1. The van der Waals surface area contributed by atoms with Gasteiger partial charge in [-0.25, -0.2) is 0 Å². The van der Waals surface area contributed by atoms with Gasteiger partial charge in [-0.05, 0) is 61.4 Å². The Kier molecular flexibility index (Phi) is 5.79. The molecular weight excluding hydrogens is 396 g/mol. The van der Waals surface area contributed by atoms with Gasteiger partial charge in [0.05, 0.1) is 11.0 Å². The topological polar surface area (TPSA) is 117 Å². The second kappa shape index (κ2) is 8.83. The molecule has 160 valence electrons. The lowest BCUT2D eigenvalue weighted by Gasteiger charge is -2.27. The molecule has 1 aliphatic rings. The smallest absolute Gasteiger partial charge is 0.269 e. The maximum atomic E-state index is 10.9. The van der Waals surface area contributed by atoms with Crippen molar-refractivity contribution in [2.45, 2.75) is 18.9 Å². The van der Waals surface area contributed by atoms with Gasteiger partial charge in [-0.2, -0.15) is 0 Å². The van der Waals surface area contributed by atoms with Crippen LogP contribution in [0.2, 0.25) is 0 Å². The number of nitro benzene ring substituents is 1. The van der Waals surface area contributed by atoms with Crippen molar-refractivity contribution in [2.24, 2.45) is 0 Å². The van der Waals surface area contributed by atoms with Gasteiger partial charge < -0.3 is 25.8 Å². The van der Waals surface area contributed by atoms with Crippen molar-refractivity contribution < 1.29 is 14.4 Å². The van der Waals surface area contributed by atoms with E-state index >= 15 is 0 Å². The molecule has 31 heavy (non-hydrogen) atoms. The zero-order valence-electron chi connectivity index (χ0n) is 16.9.